The molecule has 0 atom stereocenters. The summed E-state index contributed by atoms with van der Waals surface area (Å²) in [6, 6.07) is 13.9. The van der Waals surface area contributed by atoms with Crippen LogP contribution in [0.2, 0.25) is 0 Å². The maximum Gasteiger partial charge on any atom is 0.254 e. The molecule has 20 heavy (non-hydrogen) atoms. The van der Waals surface area contributed by atoms with Gasteiger partial charge in [-0.05, 0) is 30.3 Å². The van der Waals surface area contributed by atoms with Crippen LogP contribution in [0, 0.1) is 5.82 Å². The number of nitrogens with two attached hydrogens (primary N) is 1. The van der Waals surface area contributed by atoms with E-state index in [0.29, 0.717) is 12.2 Å². The van der Waals surface area contributed by atoms with Crippen LogP contribution in [0.1, 0.15) is 10.4 Å². The van der Waals surface area contributed by atoms with E-state index in [1.54, 1.807) is 11.8 Å². The van der Waals surface area contributed by atoms with Crippen molar-refractivity contribution in [3.8, 4) is 0 Å². The Bertz CT molecular complexity index is 590. The molecule has 2 rings (SSSR count). The first-order valence-corrected chi connectivity index (χ1v) is 7.16. The number of nitrogen functional groups attached to an aromatic ring is 1. The number of amides is 1. The first-order valence-electron chi connectivity index (χ1n) is 6.18. The Kier molecular flexibility index (Phi) is 5.01. The van der Waals surface area contributed by atoms with Crippen molar-refractivity contribution in [1.82, 2.24) is 5.32 Å². The zero-order valence-electron chi connectivity index (χ0n) is 10.8. The van der Waals surface area contributed by atoms with E-state index in [2.05, 4.69) is 5.32 Å². The molecule has 0 bridgehead atoms. The summed E-state index contributed by atoms with van der Waals surface area (Å²) in [6.07, 6.45) is 0. The lowest BCUT2D eigenvalue weighted by Gasteiger charge is -2.06. The molecule has 1 amide bonds. The largest absolute Gasteiger partial charge is 0.399 e. The van der Waals surface area contributed by atoms with Gasteiger partial charge in [-0.3, -0.25) is 4.79 Å². The van der Waals surface area contributed by atoms with E-state index >= 15 is 0 Å². The second-order valence-electron chi connectivity index (χ2n) is 4.16. The Balaban J connectivity index is 1.80. The number of hydrogen-bond acceptors (Lipinski definition) is 3. The normalized spacial score (nSPS) is 10.2. The van der Waals surface area contributed by atoms with Crippen molar-refractivity contribution in [2.45, 2.75) is 4.90 Å². The fourth-order valence-electron chi connectivity index (χ4n) is 1.66. The molecule has 5 heteroatoms. The molecular weight excluding hydrogens is 275 g/mol. The monoisotopic (exact) mass is 290 g/mol. The molecule has 0 saturated heterocycles. The molecular formula is C15H15FN2OS. The number of nitrogens with one attached hydrogen (secondary N) is 1. The van der Waals surface area contributed by atoms with Crippen molar-refractivity contribution in [2.75, 3.05) is 18.0 Å². The summed E-state index contributed by atoms with van der Waals surface area (Å²) in [7, 11) is 0. The van der Waals surface area contributed by atoms with Crippen molar-refractivity contribution in [3.05, 3.63) is 59.9 Å². The summed E-state index contributed by atoms with van der Waals surface area (Å²) in [5, 5.41) is 2.69. The number of thioether (sulfide) groups is 1. The molecule has 3 nitrogen and oxygen atoms in total. The molecule has 0 saturated carbocycles. The maximum absolute atomic E-state index is 13.5. The minimum Gasteiger partial charge on any atom is -0.399 e. The SMILES string of the molecule is Nc1ccc(C(=O)NCCSc2ccccc2)c(F)c1. The third-order valence-corrected chi connectivity index (χ3v) is 3.65. The summed E-state index contributed by atoms with van der Waals surface area (Å²) in [5.74, 6) is -0.291. The first kappa shape index (κ1) is 14.4. The van der Waals surface area contributed by atoms with Gasteiger partial charge in [0.2, 0.25) is 0 Å². The number of carbonyl (C=O) groups is 1. The third-order valence-electron chi connectivity index (χ3n) is 2.64. The highest BCUT2D eigenvalue weighted by molar-refractivity contribution is 7.99. The number of halogens is 1. The molecule has 3 N–H and O–H groups in total. The van der Waals surface area contributed by atoms with Crippen LogP contribution in [0.25, 0.3) is 0 Å². The van der Waals surface area contributed by atoms with Crippen LogP contribution in [-0.4, -0.2) is 18.2 Å². The molecule has 0 spiro atoms. The van der Waals surface area contributed by atoms with Crippen molar-refractivity contribution in [2.24, 2.45) is 0 Å². The maximum atomic E-state index is 13.5. The van der Waals surface area contributed by atoms with Gasteiger partial charge < -0.3 is 11.1 Å². The van der Waals surface area contributed by atoms with Gasteiger partial charge in [0, 0.05) is 22.9 Å². The number of anilines is 1. The first-order chi connectivity index (χ1) is 9.66. The second kappa shape index (κ2) is 6.96. The van der Waals surface area contributed by atoms with E-state index < -0.39 is 11.7 Å². The Morgan fingerprint density at radius 2 is 1.95 bits per heavy atom. The van der Waals surface area contributed by atoms with Crippen LogP contribution in [0.15, 0.2) is 53.4 Å². The molecule has 0 heterocycles. The van der Waals surface area contributed by atoms with Crippen LogP contribution in [0.4, 0.5) is 10.1 Å². The van der Waals surface area contributed by atoms with Gasteiger partial charge in [0.25, 0.3) is 5.91 Å². The van der Waals surface area contributed by atoms with Gasteiger partial charge in [-0.2, -0.15) is 0 Å². The fraction of sp³-hybridized carbons (Fsp3) is 0.133. The van der Waals surface area contributed by atoms with Crippen molar-refractivity contribution in [3.63, 3.8) is 0 Å². The summed E-state index contributed by atoms with van der Waals surface area (Å²) in [5.41, 5.74) is 5.76. The summed E-state index contributed by atoms with van der Waals surface area (Å²) < 4.78 is 13.5. The van der Waals surface area contributed by atoms with Crippen LogP contribution in [-0.2, 0) is 0 Å². The lowest BCUT2D eigenvalue weighted by atomic mass is 10.2. The minimum atomic E-state index is -0.599. The number of carbonyl (C=O) groups excluding carboxylic acids is 1. The average Bonchev–Trinajstić information content (AvgIpc) is 2.44. The number of rotatable bonds is 5. The van der Waals surface area contributed by atoms with Gasteiger partial charge in [0.1, 0.15) is 5.82 Å². The van der Waals surface area contributed by atoms with E-state index in [1.807, 2.05) is 30.3 Å². The van der Waals surface area contributed by atoms with Gasteiger partial charge in [-0.15, -0.1) is 11.8 Å². The highest BCUT2D eigenvalue weighted by Gasteiger charge is 2.10. The Morgan fingerprint density at radius 1 is 1.20 bits per heavy atom. The van der Waals surface area contributed by atoms with Crippen LogP contribution >= 0.6 is 11.8 Å². The van der Waals surface area contributed by atoms with Gasteiger partial charge in [0.05, 0.1) is 5.56 Å². The average molecular weight is 290 g/mol. The zero-order valence-corrected chi connectivity index (χ0v) is 11.6. The van der Waals surface area contributed by atoms with Gasteiger partial charge in [-0.25, -0.2) is 4.39 Å². The molecule has 2 aromatic rings. The Morgan fingerprint density at radius 3 is 2.65 bits per heavy atom. The minimum absolute atomic E-state index is 0.0175. The molecule has 2 aromatic carbocycles. The smallest absolute Gasteiger partial charge is 0.254 e. The molecule has 0 radical (unpaired) electrons. The van der Waals surface area contributed by atoms with Gasteiger partial charge in [-0.1, -0.05) is 18.2 Å². The summed E-state index contributed by atoms with van der Waals surface area (Å²) >= 11 is 1.64. The molecule has 0 aliphatic rings. The summed E-state index contributed by atoms with van der Waals surface area (Å²) in [4.78, 5) is 12.9. The third kappa shape index (κ3) is 3.99. The highest BCUT2D eigenvalue weighted by atomic mass is 32.2. The van der Waals surface area contributed by atoms with E-state index in [1.165, 1.54) is 12.1 Å². The fourth-order valence-corrected chi connectivity index (χ4v) is 2.45. The lowest BCUT2D eigenvalue weighted by Crippen LogP contribution is -2.26. The Hall–Kier alpha value is -2.01. The molecule has 0 unspecified atom stereocenters. The van der Waals surface area contributed by atoms with Crippen LogP contribution in [0.5, 0.6) is 0 Å². The van der Waals surface area contributed by atoms with E-state index in [4.69, 9.17) is 5.73 Å². The molecule has 0 aliphatic heterocycles. The number of hydrogen-bond donors (Lipinski definition) is 2. The van der Waals surface area contributed by atoms with Crippen molar-refractivity contribution >= 4 is 23.4 Å². The quantitative estimate of drug-likeness (QED) is 0.506. The van der Waals surface area contributed by atoms with Gasteiger partial charge in [0.15, 0.2) is 0 Å². The van der Waals surface area contributed by atoms with E-state index in [-0.39, 0.29) is 5.56 Å². The zero-order chi connectivity index (χ0) is 14.4. The number of benzene rings is 2. The highest BCUT2D eigenvalue weighted by Crippen LogP contribution is 2.16. The molecule has 0 aliphatic carbocycles. The van der Waals surface area contributed by atoms with Gasteiger partial charge >= 0.3 is 0 Å². The van der Waals surface area contributed by atoms with Crippen molar-refractivity contribution < 1.29 is 9.18 Å². The summed E-state index contributed by atoms with van der Waals surface area (Å²) in [6.45, 7) is 0.474. The molecule has 0 aromatic heterocycles. The second-order valence-corrected chi connectivity index (χ2v) is 5.33. The predicted octanol–water partition coefficient (Wildman–Crippen LogP) is 2.93. The van der Waals surface area contributed by atoms with E-state index in [9.17, 15) is 9.18 Å². The standard InChI is InChI=1S/C15H15FN2OS/c16-14-10-11(17)6-7-13(14)15(19)18-8-9-20-12-4-2-1-3-5-12/h1-7,10H,8-9,17H2,(H,18,19). The molecule has 0 fully saturated rings. The predicted molar refractivity (Wildman–Crippen MR) is 80.3 cm³/mol. The molecule has 104 valence electrons. The Labute approximate surface area is 121 Å². The van der Waals surface area contributed by atoms with Crippen LogP contribution in [0.3, 0.4) is 0 Å². The van der Waals surface area contributed by atoms with E-state index in [0.717, 1.165) is 16.7 Å². The van der Waals surface area contributed by atoms with Crippen LogP contribution < -0.4 is 11.1 Å². The topological polar surface area (TPSA) is 55.1 Å². The lowest BCUT2D eigenvalue weighted by molar-refractivity contribution is 0.0952. The van der Waals surface area contributed by atoms with Crippen molar-refractivity contribution in [1.29, 1.82) is 0 Å².